The van der Waals surface area contributed by atoms with Gasteiger partial charge >= 0.3 is 0 Å². The van der Waals surface area contributed by atoms with E-state index < -0.39 is 12.2 Å². The van der Waals surface area contributed by atoms with Crippen LogP contribution in [-0.2, 0) is 11.4 Å². The molecule has 0 heterocycles. The van der Waals surface area contributed by atoms with Gasteiger partial charge in [0.05, 0.1) is 6.10 Å². The molecule has 122 valence electrons. The summed E-state index contributed by atoms with van der Waals surface area (Å²) in [5.74, 6) is 0.861. The summed E-state index contributed by atoms with van der Waals surface area (Å²) in [7, 11) is 0. The molecule has 2 unspecified atom stereocenters. The maximum atomic E-state index is 10.9. The van der Waals surface area contributed by atoms with Crippen molar-refractivity contribution in [1.82, 2.24) is 0 Å². The summed E-state index contributed by atoms with van der Waals surface area (Å²) in [4.78, 5) is 10.9. The molecule has 2 rings (SSSR count). The number of aliphatic hydroxyl groups is 2. The molecule has 0 aliphatic rings. The second-order valence-corrected chi connectivity index (χ2v) is 6.36. The standard InChI is InChI=1S/C18H20O4S/c1-13(19)23-12-17(20)18(21)15-7-9-16(10-8-15)22-11-14-5-3-2-4-6-14/h2-10,17-18,20-21H,11-12H2,1H3. The molecule has 0 aromatic heterocycles. The van der Waals surface area contributed by atoms with Crippen LogP contribution in [0.2, 0.25) is 0 Å². The Morgan fingerprint density at radius 3 is 2.35 bits per heavy atom. The zero-order chi connectivity index (χ0) is 16.7. The molecule has 0 spiro atoms. The van der Waals surface area contributed by atoms with E-state index in [1.54, 1.807) is 24.3 Å². The predicted octanol–water partition coefficient (Wildman–Crippen LogP) is 2.94. The highest BCUT2D eigenvalue weighted by Gasteiger charge is 2.19. The van der Waals surface area contributed by atoms with E-state index >= 15 is 0 Å². The van der Waals surface area contributed by atoms with E-state index in [0.717, 1.165) is 17.3 Å². The molecule has 0 radical (unpaired) electrons. The molecule has 0 saturated heterocycles. The Labute approximate surface area is 140 Å². The molecule has 2 aromatic rings. The Morgan fingerprint density at radius 1 is 1.09 bits per heavy atom. The zero-order valence-electron chi connectivity index (χ0n) is 12.9. The maximum absolute atomic E-state index is 10.9. The van der Waals surface area contributed by atoms with Crippen LogP contribution in [0.25, 0.3) is 0 Å². The van der Waals surface area contributed by atoms with Crippen LogP contribution >= 0.6 is 11.8 Å². The Balaban J connectivity index is 1.89. The zero-order valence-corrected chi connectivity index (χ0v) is 13.7. The lowest BCUT2D eigenvalue weighted by atomic mass is 10.1. The molecule has 2 N–H and O–H groups in total. The van der Waals surface area contributed by atoms with Gasteiger partial charge in [-0.25, -0.2) is 0 Å². The summed E-state index contributed by atoms with van der Waals surface area (Å²) in [6.45, 7) is 1.91. The minimum atomic E-state index is -1.02. The van der Waals surface area contributed by atoms with Crippen LogP contribution in [0.15, 0.2) is 54.6 Å². The fourth-order valence-electron chi connectivity index (χ4n) is 2.02. The molecular weight excluding hydrogens is 312 g/mol. The van der Waals surface area contributed by atoms with Crippen molar-refractivity contribution in [3.8, 4) is 5.75 Å². The summed E-state index contributed by atoms with van der Waals surface area (Å²) in [6, 6.07) is 16.8. The van der Waals surface area contributed by atoms with E-state index in [-0.39, 0.29) is 10.9 Å². The number of aliphatic hydroxyl groups excluding tert-OH is 2. The van der Waals surface area contributed by atoms with Crippen molar-refractivity contribution in [2.24, 2.45) is 0 Å². The molecule has 0 amide bonds. The van der Waals surface area contributed by atoms with Gasteiger partial charge in [0, 0.05) is 12.7 Å². The van der Waals surface area contributed by atoms with Crippen molar-refractivity contribution in [3.05, 3.63) is 65.7 Å². The lowest BCUT2D eigenvalue weighted by molar-refractivity contribution is -0.109. The van der Waals surface area contributed by atoms with Crippen molar-refractivity contribution in [2.75, 3.05) is 5.75 Å². The van der Waals surface area contributed by atoms with Crippen molar-refractivity contribution < 1.29 is 19.7 Å². The quantitative estimate of drug-likeness (QED) is 0.816. The number of thioether (sulfide) groups is 1. The normalized spacial score (nSPS) is 13.3. The molecule has 0 fully saturated rings. The van der Waals surface area contributed by atoms with Gasteiger partial charge in [-0.2, -0.15) is 0 Å². The van der Waals surface area contributed by atoms with E-state index in [9.17, 15) is 15.0 Å². The van der Waals surface area contributed by atoms with Crippen LogP contribution in [0, 0.1) is 0 Å². The van der Waals surface area contributed by atoms with Crippen LogP contribution in [0.4, 0.5) is 0 Å². The van der Waals surface area contributed by atoms with Gasteiger partial charge in [-0.3, -0.25) is 4.79 Å². The monoisotopic (exact) mass is 332 g/mol. The summed E-state index contributed by atoms with van der Waals surface area (Å²) in [6.07, 6.45) is -2.01. The highest BCUT2D eigenvalue weighted by Crippen LogP contribution is 2.23. The van der Waals surface area contributed by atoms with Crippen molar-refractivity contribution in [3.63, 3.8) is 0 Å². The highest BCUT2D eigenvalue weighted by molar-refractivity contribution is 8.13. The minimum Gasteiger partial charge on any atom is -0.489 e. The third-order valence-corrected chi connectivity index (χ3v) is 4.21. The van der Waals surface area contributed by atoms with Gasteiger partial charge in [0.2, 0.25) is 0 Å². The molecule has 5 heteroatoms. The number of rotatable bonds is 7. The molecule has 2 atom stereocenters. The molecule has 0 aliphatic carbocycles. The number of carbonyl (C=O) groups is 1. The van der Waals surface area contributed by atoms with E-state index in [2.05, 4.69) is 0 Å². The average molecular weight is 332 g/mol. The van der Waals surface area contributed by atoms with Gasteiger partial charge in [0.25, 0.3) is 0 Å². The summed E-state index contributed by atoms with van der Waals surface area (Å²) < 4.78 is 5.67. The summed E-state index contributed by atoms with van der Waals surface area (Å²) >= 11 is 0.998. The molecular formula is C18H20O4S. The molecule has 0 bridgehead atoms. The number of hydrogen-bond acceptors (Lipinski definition) is 5. The predicted molar refractivity (Wildman–Crippen MR) is 91.3 cm³/mol. The smallest absolute Gasteiger partial charge is 0.185 e. The van der Waals surface area contributed by atoms with E-state index in [1.807, 2.05) is 30.3 Å². The van der Waals surface area contributed by atoms with Gasteiger partial charge in [0.15, 0.2) is 5.12 Å². The van der Waals surface area contributed by atoms with Gasteiger partial charge in [-0.1, -0.05) is 54.2 Å². The lowest BCUT2D eigenvalue weighted by Gasteiger charge is -2.17. The first kappa shape index (κ1) is 17.5. The lowest BCUT2D eigenvalue weighted by Crippen LogP contribution is -2.21. The third kappa shape index (κ3) is 5.71. The topological polar surface area (TPSA) is 66.8 Å². The number of carbonyl (C=O) groups excluding carboxylic acids is 1. The van der Waals surface area contributed by atoms with Crippen LogP contribution in [-0.4, -0.2) is 27.2 Å². The fraction of sp³-hybridized carbons (Fsp3) is 0.278. The first-order valence-electron chi connectivity index (χ1n) is 7.32. The van der Waals surface area contributed by atoms with Crippen molar-refractivity contribution >= 4 is 16.9 Å². The molecule has 0 aliphatic heterocycles. The van der Waals surface area contributed by atoms with Gasteiger partial charge in [0.1, 0.15) is 18.5 Å². The summed E-state index contributed by atoms with van der Waals surface area (Å²) in [5.41, 5.74) is 1.67. The Bertz CT molecular complexity index is 613. The van der Waals surface area contributed by atoms with Gasteiger partial charge in [-0.05, 0) is 23.3 Å². The third-order valence-electron chi connectivity index (χ3n) is 3.29. The van der Waals surface area contributed by atoms with Gasteiger partial charge in [-0.15, -0.1) is 0 Å². The van der Waals surface area contributed by atoms with E-state index in [1.165, 1.54) is 6.92 Å². The second kappa shape index (κ2) is 8.72. The molecule has 4 nitrogen and oxygen atoms in total. The Hall–Kier alpha value is -1.82. The largest absolute Gasteiger partial charge is 0.489 e. The molecule has 0 saturated carbocycles. The number of benzene rings is 2. The first-order valence-corrected chi connectivity index (χ1v) is 8.31. The SMILES string of the molecule is CC(=O)SCC(O)C(O)c1ccc(OCc2ccccc2)cc1. The van der Waals surface area contributed by atoms with Crippen LogP contribution in [0.5, 0.6) is 5.75 Å². The van der Waals surface area contributed by atoms with Crippen LogP contribution in [0.1, 0.15) is 24.2 Å². The Kier molecular flexibility index (Phi) is 6.65. The highest BCUT2D eigenvalue weighted by atomic mass is 32.2. The number of ether oxygens (including phenoxy) is 1. The van der Waals surface area contributed by atoms with Gasteiger partial charge < -0.3 is 14.9 Å². The maximum Gasteiger partial charge on any atom is 0.185 e. The van der Waals surface area contributed by atoms with Crippen molar-refractivity contribution in [1.29, 1.82) is 0 Å². The van der Waals surface area contributed by atoms with Crippen molar-refractivity contribution in [2.45, 2.75) is 25.7 Å². The van der Waals surface area contributed by atoms with Crippen LogP contribution in [0.3, 0.4) is 0 Å². The summed E-state index contributed by atoms with van der Waals surface area (Å²) in [5, 5.41) is 19.9. The Morgan fingerprint density at radius 2 is 1.74 bits per heavy atom. The molecule has 23 heavy (non-hydrogen) atoms. The van der Waals surface area contributed by atoms with E-state index in [4.69, 9.17) is 4.74 Å². The molecule has 2 aromatic carbocycles. The fourth-order valence-corrected chi connectivity index (χ4v) is 2.61. The second-order valence-electron chi connectivity index (χ2n) is 5.16. The van der Waals surface area contributed by atoms with E-state index in [0.29, 0.717) is 17.9 Å². The average Bonchev–Trinajstić information content (AvgIpc) is 2.58. The first-order chi connectivity index (χ1) is 11.1. The van der Waals surface area contributed by atoms with Crippen LogP contribution < -0.4 is 4.74 Å². The number of hydrogen-bond donors (Lipinski definition) is 2. The minimum absolute atomic E-state index is 0.0825.